The number of hydrogen-bond donors (Lipinski definition) is 0. The molecule has 0 atom stereocenters. The van der Waals surface area contributed by atoms with E-state index in [1.54, 1.807) is 26.0 Å². The molecule has 4 nitrogen and oxygen atoms in total. The fourth-order valence-electron chi connectivity index (χ4n) is 1.39. The third-order valence-corrected chi connectivity index (χ3v) is 2.23. The number of benzene rings is 1. The van der Waals surface area contributed by atoms with Crippen LogP contribution in [0.25, 0.3) is 0 Å². The molecule has 0 N–H and O–H groups in total. The minimum Gasteiger partial charge on any atom is -0.454 e. The van der Waals surface area contributed by atoms with Gasteiger partial charge in [0.25, 0.3) is 5.91 Å². The van der Waals surface area contributed by atoms with Crippen LogP contribution in [-0.2, 0) is 4.74 Å². The zero-order valence-corrected chi connectivity index (χ0v) is 8.68. The van der Waals surface area contributed by atoms with Crippen molar-refractivity contribution in [3.05, 3.63) is 35.9 Å². The molecule has 15 heavy (non-hydrogen) atoms. The number of nitrogens with zero attached hydrogens (tertiary/aromatic N) is 2. The SMILES string of the molecule is CC1(C)OC=NN1C(=O)c1ccccc1. The van der Waals surface area contributed by atoms with E-state index in [1.165, 1.54) is 11.4 Å². The maximum absolute atomic E-state index is 12.0. The molecular formula is C11H12N2O2. The van der Waals surface area contributed by atoms with Gasteiger partial charge in [-0.3, -0.25) is 4.79 Å². The van der Waals surface area contributed by atoms with E-state index in [9.17, 15) is 4.79 Å². The summed E-state index contributed by atoms with van der Waals surface area (Å²) in [5.74, 6) is -0.158. The van der Waals surface area contributed by atoms with E-state index in [-0.39, 0.29) is 5.91 Å². The van der Waals surface area contributed by atoms with Crippen molar-refractivity contribution in [3.8, 4) is 0 Å². The van der Waals surface area contributed by atoms with Gasteiger partial charge < -0.3 is 4.74 Å². The molecule has 1 heterocycles. The number of carbonyl (C=O) groups is 1. The Morgan fingerprint density at radius 2 is 2.00 bits per heavy atom. The predicted octanol–water partition coefficient (Wildman–Crippen LogP) is 1.84. The fraction of sp³-hybridized carbons (Fsp3) is 0.273. The summed E-state index contributed by atoms with van der Waals surface area (Å²) in [6.07, 6.45) is 1.29. The van der Waals surface area contributed by atoms with E-state index in [0.29, 0.717) is 5.56 Å². The molecule has 1 amide bonds. The quantitative estimate of drug-likeness (QED) is 0.700. The van der Waals surface area contributed by atoms with E-state index in [0.717, 1.165) is 0 Å². The van der Waals surface area contributed by atoms with Crippen LogP contribution in [0.15, 0.2) is 35.4 Å². The normalized spacial score (nSPS) is 17.6. The van der Waals surface area contributed by atoms with Gasteiger partial charge in [0.2, 0.25) is 5.72 Å². The molecule has 0 saturated carbocycles. The summed E-state index contributed by atoms with van der Waals surface area (Å²) < 4.78 is 5.21. The average molecular weight is 204 g/mol. The van der Waals surface area contributed by atoms with Crippen molar-refractivity contribution in [2.45, 2.75) is 19.6 Å². The van der Waals surface area contributed by atoms with Gasteiger partial charge in [-0.2, -0.15) is 5.01 Å². The van der Waals surface area contributed by atoms with Gasteiger partial charge in [-0.1, -0.05) is 18.2 Å². The van der Waals surface area contributed by atoms with E-state index in [1.807, 2.05) is 18.2 Å². The molecule has 0 bridgehead atoms. The summed E-state index contributed by atoms with van der Waals surface area (Å²) in [4.78, 5) is 12.0. The third kappa shape index (κ3) is 1.70. The van der Waals surface area contributed by atoms with Crippen molar-refractivity contribution in [2.24, 2.45) is 5.10 Å². The van der Waals surface area contributed by atoms with Crippen LogP contribution in [0.4, 0.5) is 0 Å². The van der Waals surface area contributed by atoms with Crippen LogP contribution < -0.4 is 0 Å². The summed E-state index contributed by atoms with van der Waals surface area (Å²) in [5, 5.41) is 5.24. The maximum Gasteiger partial charge on any atom is 0.277 e. The Hall–Kier alpha value is -1.84. The van der Waals surface area contributed by atoms with Crippen molar-refractivity contribution in [1.29, 1.82) is 0 Å². The molecule has 78 valence electrons. The molecular weight excluding hydrogens is 192 g/mol. The molecule has 0 spiro atoms. The van der Waals surface area contributed by atoms with E-state index in [2.05, 4.69) is 5.10 Å². The Bertz CT molecular complexity index is 398. The van der Waals surface area contributed by atoms with Crippen LogP contribution in [0.5, 0.6) is 0 Å². The molecule has 2 rings (SSSR count). The lowest BCUT2D eigenvalue weighted by molar-refractivity contribution is -0.0152. The average Bonchev–Trinajstić information content (AvgIpc) is 2.58. The van der Waals surface area contributed by atoms with Crippen molar-refractivity contribution in [1.82, 2.24) is 5.01 Å². The number of amides is 1. The van der Waals surface area contributed by atoms with E-state index < -0.39 is 5.72 Å². The molecule has 1 aromatic rings. The van der Waals surface area contributed by atoms with Gasteiger partial charge in [0.05, 0.1) is 0 Å². The smallest absolute Gasteiger partial charge is 0.277 e. The summed E-state index contributed by atoms with van der Waals surface area (Å²) >= 11 is 0. The van der Waals surface area contributed by atoms with Crippen LogP contribution in [0.3, 0.4) is 0 Å². The lowest BCUT2D eigenvalue weighted by Crippen LogP contribution is -2.41. The maximum atomic E-state index is 12.0. The zero-order valence-electron chi connectivity index (χ0n) is 8.68. The van der Waals surface area contributed by atoms with Crippen LogP contribution in [-0.4, -0.2) is 23.0 Å². The van der Waals surface area contributed by atoms with E-state index >= 15 is 0 Å². The van der Waals surface area contributed by atoms with Crippen molar-refractivity contribution in [2.75, 3.05) is 0 Å². The Labute approximate surface area is 88.2 Å². The number of hydrazone groups is 1. The van der Waals surface area contributed by atoms with Crippen molar-refractivity contribution < 1.29 is 9.53 Å². The highest BCUT2D eigenvalue weighted by Crippen LogP contribution is 2.22. The summed E-state index contributed by atoms with van der Waals surface area (Å²) in [6, 6.07) is 9.02. The molecule has 1 aliphatic rings. The topological polar surface area (TPSA) is 41.9 Å². The van der Waals surface area contributed by atoms with Gasteiger partial charge in [-0.15, -0.1) is 5.10 Å². The lowest BCUT2D eigenvalue weighted by atomic mass is 10.2. The van der Waals surface area contributed by atoms with Gasteiger partial charge in [0.15, 0.2) is 6.40 Å². The summed E-state index contributed by atoms with van der Waals surface area (Å²) in [5.41, 5.74) is -0.0966. The first-order valence-electron chi connectivity index (χ1n) is 4.71. The Balaban J connectivity index is 2.26. The summed E-state index contributed by atoms with van der Waals surface area (Å²) in [6.45, 7) is 3.58. The molecule has 0 saturated heterocycles. The molecule has 0 fully saturated rings. The first-order chi connectivity index (χ1) is 7.11. The van der Waals surface area contributed by atoms with Crippen LogP contribution in [0, 0.1) is 0 Å². The molecule has 1 aliphatic heterocycles. The molecule has 1 aromatic carbocycles. The van der Waals surface area contributed by atoms with Gasteiger partial charge in [-0.25, -0.2) is 0 Å². The second-order valence-electron chi connectivity index (χ2n) is 3.77. The minimum absolute atomic E-state index is 0.158. The molecule has 0 radical (unpaired) electrons. The van der Waals surface area contributed by atoms with Crippen molar-refractivity contribution in [3.63, 3.8) is 0 Å². The molecule has 0 aliphatic carbocycles. The Morgan fingerprint density at radius 1 is 1.33 bits per heavy atom. The fourth-order valence-corrected chi connectivity index (χ4v) is 1.39. The second kappa shape index (κ2) is 3.38. The third-order valence-electron chi connectivity index (χ3n) is 2.23. The highest BCUT2D eigenvalue weighted by atomic mass is 16.5. The van der Waals surface area contributed by atoms with Crippen molar-refractivity contribution >= 4 is 12.3 Å². The largest absolute Gasteiger partial charge is 0.454 e. The molecule has 4 heteroatoms. The van der Waals surface area contributed by atoms with Gasteiger partial charge in [0.1, 0.15) is 0 Å². The zero-order chi connectivity index (χ0) is 10.9. The standard InChI is InChI=1S/C11H12N2O2/c1-11(2)13(12-8-15-11)10(14)9-6-4-3-5-7-9/h3-8H,1-2H3. The lowest BCUT2D eigenvalue weighted by Gasteiger charge is -2.26. The van der Waals surface area contributed by atoms with Gasteiger partial charge in [0, 0.05) is 5.56 Å². The first-order valence-corrected chi connectivity index (χ1v) is 4.71. The van der Waals surface area contributed by atoms with E-state index in [4.69, 9.17) is 4.74 Å². The second-order valence-corrected chi connectivity index (χ2v) is 3.77. The number of rotatable bonds is 1. The Kier molecular flexibility index (Phi) is 2.19. The number of hydrogen-bond acceptors (Lipinski definition) is 3. The molecule has 0 aromatic heterocycles. The highest BCUT2D eigenvalue weighted by molar-refractivity contribution is 5.95. The van der Waals surface area contributed by atoms with Gasteiger partial charge in [-0.05, 0) is 26.0 Å². The Morgan fingerprint density at radius 3 is 2.53 bits per heavy atom. The monoisotopic (exact) mass is 204 g/mol. The number of carbonyl (C=O) groups excluding carboxylic acids is 1. The molecule has 0 unspecified atom stereocenters. The van der Waals surface area contributed by atoms with Crippen LogP contribution >= 0.6 is 0 Å². The van der Waals surface area contributed by atoms with Gasteiger partial charge >= 0.3 is 0 Å². The summed E-state index contributed by atoms with van der Waals surface area (Å²) in [7, 11) is 0. The van der Waals surface area contributed by atoms with Crippen LogP contribution in [0.1, 0.15) is 24.2 Å². The minimum atomic E-state index is -0.701. The van der Waals surface area contributed by atoms with Crippen LogP contribution in [0.2, 0.25) is 0 Å². The number of ether oxygens (including phenoxy) is 1. The first kappa shape index (κ1) is 9.71. The highest BCUT2D eigenvalue weighted by Gasteiger charge is 2.36. The predicted molar refractivity (Wildman–Crippen MR) is 56.3 cm³/mol.